The Hall–Kier alpha value is -0.530. The highest BCUT2D eigenvalue weighted by Gasteiger charge is 2.01. The molecule has 0 aromatic heterocycles. The van der Waals surface area contributed by atoms with Gasteiger partial charge >= 0.3 is 0 Å². The maximum atomic E-state index is 4.61. The minimum Gasteiger partial charge on any atom is -0.399 e. The van der Waals surface area contributed by atoms with Gasteiger partial charge in [0, 0.05) is 0 Å². The zero-order valence-electron chi connectivity index (χ0n) is 6.64. The SMILES string of the molecule is CC[C@H](C)/C(C)=N\OC. The summed E-state index contributed by atoms with van der Waals surface area (Å²) in [6.45, 7) is 6.26. The van der Waals surface area contributed by atoms with Crippen molar-refractivity contribution in [2.45, 2.75) is 27.2 Å². The number of oxime groups is 1. The van der Waals surface area contributed by atoms with Crippen molar-refractivity contribution in [2.75, 3.05) is 7.11 Å². The van der Waals surface area contributed by atoms with Crippen LogP contribution in [0.15, 0.2) is 5.16 Å². The Morgan fingerprint density at radius 1 is 1.67 bits per heavy atom. The van der Waals surface area contributed by atoms with E-state index in [2.05, 4.69) is 23.8 Å². The van der Waals surface area contributed by atoms with Crippen molar-refractivity contribution in [2.24, 2.45) is 11.1 Å². The van der Waals surface area contributed by atoms with Gasteiger partial charge in [-0.3, -0.25) is 0 Å². The Morgan fingerprint density at radius 3 is 2.56 bits per heavy atom. The molecule has 0 saturated heterocycles. The van der Waals surface area contributed by atoms with Gasteiger partial charge in [0.2, 0.25) is 0 Å². The number of nitrogens with zero attached hydrogens (tertiary/aromatic N) is 1. The molecule has 0 amide bonds. The first-order valence-electron chi connectivity index (χ1n) is 3.30. The quantitative estimate of drug-likeness (QED) is 0.422. The Bertz CT molecular complexity index is 99.1. The van der Waals surface area contributed by atoms with Gasteiger partial charge in [-0.25, -0.2) is 0 Å². The summed E-state index contributed by atoms with van der Waals surface area (Å²) in [7, 11) is 1.58. The first-order chi connectivity index (χ1) is 4.22. The monoisotopic (exact) mass is 129 g/mol. The first-order valence-corrected chi connectivity index (χ1v) is 3.30. The number of hydrogen-bond donors (Lipinski definition) is 0. The zero-order chi connectivity index (χ0) is 7.28. The summed E-state index contributed by atoms with van der Waals surface area (Å²) in [6, 6.07) is 0. The molecule has 0 aromatic carbocycles. The molecule has 0 bridgehead atoms. The van der Waals surface area contributed by atoms with Gasteiger partial charge in [-0.1, -0.05) is 19.0 Å². The fraction of sp³-hybridized carbons (Fsp3) is 0.857. The van der Waals surface area contributed by atoms with E-state index in [1.54, 1.807) is 7.11 Å². The first kappa shape index (κ1) is 8.47. The van der Waals surface area contributed by atoms with Gasteiger partial charge in [0.15, 0.2) is 0 Å². The second kappa shape index (κ2) is 4.36. The third kappa shape index (κ3) is 3.12. The molecule has 0 saturated carbocycles. The molecule has 2 heteroatoms. The number of hydrogen-bond acceptors (Lipinski definition) is 2. The molecule has 0 aliphatic carbocycles. The van der Waals surface area contributed by atoms with Crippen LogP contribution in [0.2, 0.25) is 0 Å². The molecule has 0 aliphatic rings. The normalized spacial score (nSPS) is 15.3. The molecule has 0 unspecified atom stereocenters. The average molecular weight is 129 g/mol. The van der Waals surface area contributed by atoms with Crippen LogP contribution in [0.25, 0.3) is 0 Å². The zero-order valence-corrected chi connectivity index (χ0v) is 6.64. The van der Waals surface area contributed by atoms with Crippen molar-refractivity contribution in [3.63, 3.8) is 0 Å². The second-order valence-electron chi connectivity index (χ2n) is 2.22. The van der Waals surface area contributed by atoms with Crippen LogP contribution >= 0.6 is 0 Å². The molecule has 0 rings (SSSR count). The third-order valence-electron chi connectivity index (χ3n) is 1.56. The van der Waals surface area contributed by atoms with Crippen LogP contribution in [0.5, 0.6) is 0 Å². The molecule has 0 spiro atoms. The predicted molar refractivity (Wildman–Crippen MR) is 39.6 cm³/mol. The summed E-state index contributed by atoms with van der Waals surface area (Å²) in [5.41, 5.74) is 1.07. The van der Waals surface area contributed by atoms with E-state index >= 15 is 0 Å². The Kier molecular flexibility index (Phi) is 4.10. The van der Waals surface area contributed by atoms with Crippen molar-refractivity contribution >= 4 is 5.71 Å². The lowest BCUT2D eigenvalue weighted by molar-refractivity contribution is 0.211. The van der Waals surface area contributed by atoms with Gasteiger partial charge in [0.25, 0.3) is 0 Å². The van der Waals surface area contributed by atoms with Crippen LogP contribution in [0.1, 0.15) is 27.2 Å². The highest BCUT2D eigenvalue weighted by molar-refractivity contribution is 5.83. The van der Waals surface area contributed by atoms with Crippen LogP contribution in [-0.4, -0.2) is 12.8 Å². The van der Waals surface area contributed by atoms with Crippen molar-refractivity contribution in [3.05, 3.63) is 0 Å². The van der Waals surface area contributed by atoms with Gasteiger partial charge in [-0.2, -0.15) is 0 Å². The maximum absolute atomic E-state index is 4.61. The van der Waals surface area contributed by atoms with Crippen molar-refractivity contribution in [1.29, 1.82) is 0 Å². The van der Waals surface area contributed by atoms with E-state index in [-0.39, 0.29) is 0 Å². The molecular weight excluding hydrogens is 114 g/mol. The standard InChI is InChI=1S/C7H15NO/c1-5-6(2)7(3)8-9-4/h6H,5H2,1-4H3/b8-7-/t6-/m0/s1. The minimum absolute atomic E-state index is 0.546. The predicted octanol–water partition coefficient (Wildman–Crippen LogP) is 2.05. The molecule has 54 valence electrons. The fourth-order valence-corrected chi connectivity index (χ4v) is 0.529. The topological polar surface area (TPSA) is 21.6 Å². The lowest BCUT2D eigenvalue weighted by atomic mass is 10.1. The summed E-state index contributed by atoms with van der Waals surface area (Å²) >= 11 is 0. The van der Waals surface area contributed by atoms with Gasteiger partial charge in [0.05, 0.1) is 5.71 Å². The van der Waals surface area contributed by atoms with E-state index in [4.69, 9.17) is 0 Å². The molecule has 0 heterocycles. The van der Waals surface area contributed by atoms with Crippen LogP contribution in [0.3, 0.4) is 0 Å². The maximum Gasteiger partial charge on any atom is 0.106 e. The van der Waals surface area contributed by atoms with Gasteiger partial charge in [-0.15, -0.1) is 0 Å². The fourth-order valence-electron chi connectivity index (χ4n) is 0.529. The molecule has 0 aliphatic heterocycles. The summed E-state index contributed by atoms with van der Waals surface area (Å²) < 4.78 is 0. The van der Waals surface area contributed by atoms with E-state index in [1.165, 1.54) is 0 Å². The Labute approximate surface area is 56.9 Å². The third-order valence-corrected chi connectivity index (χ3v) is 1.56. The minimum atomic E-state index is 0.546. The summed E-state index contributed by atoms with van der Waals surface area (Å²) in [5, 5.41) is 3.81. The summed E-state index contributed by atoms with van der Waals surface area (Å²) in [5.74, 6) is 0.546. The van der Waals surface area contributed by atoms with Gasteiger partial charge in [-0.05, 0) is 19.3 Å². The van der Waals surface area contributed by atoms with Crippen molar-refractivity contribution < 1.29 is 4.84 Å². The van der Waals surface area contributed by atoms with Gasteiger partial charge < -0.3 is 4.84 Å². The lowest BCUT2D eigenvalue weighted by Crippen LogP contribution is -2.05. The second-order valence-corrected chi connectivity index (χ2v) is 2.22. The van der Waals surface area contributed by atoms with E-state index in [0.717, 1.165) is 12.1 Å². The highest BCUT2D eigenvalue weighted by Crippen LogP contribution is 2.02. The van der Waals surface area contributed by atoms with E-state index in [9.17, 15) is 0 Å². The van der Waals surface area contributed by atoms with E-state index < -0.39 is 0 Å². The molecular formula is C7H15NO. The Morgan fingerprint density at radius 2 is 2.22 bits per heavy atom. The summed E-state index contributed by atoms with van der Waals surface area (Å²) in [6.07, 6.45) is 1.12. The molecule has 1 atom stereocenters. The van der Waals surface area contributed by atoms with E-state index in [1.807, 2.05) is 6.92 Å². The lowest BCUT2D eigenvalue weighted by Gasteiger charge is -2.04. The Balaban J connectivity index is 3.70. The van der Waals surface area contributed by atoms with Crippen molar-refractivity contribution in [3.8, 4) is 0 Å². The van der Waals surface area contributed by atoms with Crippen LogP contribution in [-0.2, 0) is 4.84 Å². The smallest absolute Gasteiger partial charge is 0.106 e. The molecule has 0 radical (unpaired) electrons. The molecule has 0 N–H and O–H groups in total. The number of rotatable bonds is 3. The van der Waals surface area contributed by atoms with Crippen molar-refractivity contribution in [1.82, 2.24) is 0 Å². The molecule has 0 fully saturated rings. The largest absolute Gasteiger partial charge is 0.399 e. The molecule has 0 aromatic rings. The van der Waals surface area contributed by atoms with Gasteiger partial charge in [0.1, 0.15) is 7.11 Å². The van der Waals surface area contributed by atoms with Crippen LogP contribution in [0.4, 0.5) is 0 Å². The molecule has 9 heavy (non-hydrogen) atoms. The van der Waals surface area contributed by atoms with E-state index in [0.29, 0.717) is 5.92 Å². The molecule has 2 nitrogen and oxygen atoms in total. The average Bonchev–Trinajstić information content (AvgIpc) is 1.87. The van der Waals surface area contributed by atoms with Crippen LogP contribution in [0, 0.1) is 5.92 Å². The van der Waals surface area contributed by atoms with Crippen LogP contribution < -0.4 is 0 Å². The highest BCUT2D eigenvalue weighted by atomic mass is 16.6. The summed E-state index contributed by atoms with van der Waals surface area (Å²) in [4.78, 5) is 4.61.